The number of alkyl carbamates (subject to hydrolysis) is 1. The number of carboxylic acid groups (broad SMARTS) is 1. The SMILES string of the molecule is CC(C)(C)C(CC(=O)O)NC(=O)COCCNC(=O)OCC1c2ccccc2-c2ccccc21. The van der Waals surface area contributed by atoms with Crippen LogP contribution in [0.5, 0.6) is 0 Å². The molecular formula is C26H32N2O6. The normalized spacial score (nSPS) is 13.5. The molecule has 2 amide bonds. The lowest BCUT2D eigenvalue weighted by atomic mass is 9.85. The number of carboxylic acids is 1. The number of rotatable bonds is 10. The second kappa shape index (κ2) is 11.2. The highest BCUT2D eigenvalue weighted by molar-refractivity contribution is 5.79. The lowest BCUT2D eigenvalue weighted by Crippen LogP contribution is -2.46. The van der Waals surface area contributed by atoms with Crippen molar-refractivity contribution in [2.24, 2.45) is 5.41 Å². The maximum Gasteiger partial charge on any atom is 0.407 e. The topological polar surface area (TPSA) is 114 Å². The smallest absolute Gasteiger partial charge is 0.407 e. The van der Waals surface area contributed by atoms with Crippen molar-refractivity contribution in [3.05, 3.63) is 59.7 Å². The Labute approximate surface area is 199 Å². The number of carbonyl (C=O) groups is 3. The molecule has 0 heterocycles. The Bertz CT molecular complexity index is 984. The van der Waals surface area contributed by atoms with E-state index >= 15 is 0 Å². The van der Waals surface area contributed by atoms with Gasteiger partial charge in [-0.2, -0.15) is 0 Å². The summed E-state index contributed by atoms with van der Waals surface area (Å²) in [6, 6.07) is 15.7. The number of hydrogen-bond donors (Lipinski definition) is 3. The Balaban J connectivity index is 1.38. The third kappa shape index (κ3) is 6.57. The predicted octanol–water partition coefficient (Wildman–Crippen LogP) is 3.55. The second-order valence-corrected chi connectivity index (χ2v) is 9.39. The summed E-state index contributed by atoms with van der Waals surface area (Å²) in [6.07, 6.45) is -0.720. The van der Waals surface area contributed by atoms with Gasteiger partial charge in [-0.15, -0.1) is 0 Å². The van der Waals surface area contributed by atoms with Crippen molar-refractivity contribution >= 4 is 18.0 Å². The summed E-state index contributed by atoms with van der Waals surface area (Å²) >= 11 is 0. The van der Waals surface area contributed by atoms with Gasteiger partial charge in [-0.1, -0.05) is 69.3 Å². The minimum Gasteiger partial charge on any atom is -0.481 e. The van der Waals surface area contributed by atoms with Gasteiger partial charge in [-0.3, -0.25) is 9.59 Å². The van der Waals surface area contributed by atoms with Crippen molar-refractivity contribution in [2.75, 3.05) is 26.4 Å². The molecule has 0 radical (unpaired) electrons. The average Bonchev–Trinajstić information content (AvgIpc) is 3.10. The Morgan fingerprint density at radius 1 is 1.00 bits per heavy atom. The fraction of sp³-hybridized carbons (Fsp3) is 0.423. The van der Waals surface area contributed by atoms with Gasteiger partial charge in [-0.25, -0.2) is 4.79 Å². The molecule has 34 heavy (non-hydrogen) atoms. The first-order valence-corrected chi connectivity index (χ1v) is 11.3. The van der Waals surface area contributed by atoms with Crippen molar-refractivity contribution in [2.45, 2.75) is 39.2 Å². The van der Waals surface area contributed by atoms with Crippen molar-refractivity contribution in [3.63, 3.8) is 0 Å². The van der Waals surface area contributed by atoms with Gasteiger partial charge in [0, 0.05) is 18.5 Å². The fourth-order valence-electron chi connectivity index (χ4n) is 4.02. The zero-order valence-corrected chi connectivity index (χ0v) is 19.8. The van der Waals surface area contributed by atoms with Gasteiger partial charge in [0.1, 0.15) is 13.2 Å². The van der Waals surface area contributed by atoms with Crippen molar-refractivity contribution in [1.82, 2.24) is 10.6 Å². The van der Waals surface area contributed by atoms with E-state index in [1.807, 2.05) is 45.0 Å². The Hall–Kier alpha value is -3.39. The maximum absolute atomic E-state index is 12.2. The molecule has 2 aromatic carbocycles. The van der Waals surface area contributed by atoms with Crippen molar-refractivity contribution in [1.29, 1.82) is 0 Å². The van der Waals surface area contributed by atoms with E-state index in [9.17, 15) is 14.4 Å². The van der Waals surface area contributed by atoms with Crippen LogP contribution in [0.15, 0.2) is 48.5 Å². The number of aliphatic carboxylic acids is 1. The lowest BCUT2D eigenvalue weighted by molar-refractivity contribution is -0.138. The monoisotopic (exact) mass is 468 g/mol. The van der Waals surface area contributed by atoms with Gasteiger partial charge in [-0.05, 0) is 27.7 Å². The van der Waals surface area contributed by atoms with Crippen molar-refractivity contribution in [3.8, 4) is 11.1 Å². The Morgan fingerprint density at radius 2 is 1.59 bits per heavy atom. The van der Waals surface area contributed by atoms with E-state index in [0.717, 1.165) is 22.3 Å². The summed E-state index contributed by atoms with van der Waals surface area (Å²) in [7, 11) is 0. The van der Waals surface area contributed by atoms with Crippen LogP contribution in [0.3, 0.4) is 0 Å². The zero-order chi connectivity index (χ0) is 24.7. The molecule has 0 aromatic heterocycles. The molecule has 2 aromatic rings. The first-order chi connectivity index (χ1) is 16.2. The van der Waals surface area contributed by atoms with Crippen LogP contribution in [0.2, 0.25) is 0 Å². The molecular weight excluding hydrogens is 436 g/mol. The number of hydrogen-bond acceptors (Lipinski definition) is 5. The molecule has 0 bridgehead atoms. The molecule has 3 rings (SSSR count). The van der Waals surface area contributed by atoms with Crippen molar-refractivity contribution < 1.29 is 29.0 Å². The molecule has 8 heteroatoms. The number of carbonyl (C=O) groups excluding carboxylic acids is 2. The number of amides is 2. The number of nitrogens with one attached hydrogen (secondary N) is 2. The van der Waals surface area contributed by atoms with Crippen LogP contribution in [0.25, 0.3) is 11.1 Å². The summed E-state index contributed by atoms with van der Waals surface area (Å²) in [5, 5.41) is 14.4. The first kappa shape index (κ1) is 25.2. The third-order valence-electron chi connectivity index (χ3n) is 5.85. The summed E-state index contributed by atoms with van der Waals surface area (Å²) in [6.45, 7) is 5.89. The van der Waals surface area contributed by atoms with Gasteiger partial charge in [0.15, 0.2) is 0 Å². The summed E-state index contributed by atoms with van der Waals surface area (Å²) in [4.78, 5) is 35.3. The average molecular weight is 469 g/mol. The third-order valence-corrected chi connectivity index (χ3v) is 5.85. The van der Waals surface area contributed by atoms with Gasteiger partial charge in [0.2, 0.25) is 5.91 Å². The van der Waals surface area contributed by atoms with Crippen LogP contribution >= 0.6 is 0 Å². The molecule has 1 unspecified atom stereocenters. The molecule has 0 saturated carbocycles. The maximum atomic E-state index is 12.2. The molecule has 1 atom stereocenters. The molecule has 1 aliphatic rings. The van der Waals surface area contributed by atoms with Gasteiger partial charge < -0.3 is 25.2 Å². The van der Waals surface area contributed by atoms with Crippen LogP contribution in [-0.4, -0.2) is 55.5 Å². The second-order valence-electron chi connectivity index (χ2n) is 9.39. The molecule has 0 saturated heterocycles. The number of benzene rings is 2. The highest BCUT2D eigenvalue weighted by atomic mass is 16.5. The van der Waals surface area contributed by atoms with Crippen LogP contribution < -0.4 is 10.6 Å². The van der Waals surface area contributed by atoms with Crippen LogP contribution in [-0.2, 0) is 19.1 Å². The molecule has 0 aliphatic heterocycles. The van der Waals surface area contributed by atoms with E-state index in [2.05, 4.69) is 34.9 Å². The van der Waals surface area contributed by atoms with E-state index in [0.29, 0.717) is 0 Å². The highest BCUT2D eigenvalue weighted by Crippen LogP contribution is 2.44. The van der Waals surface area contributed by atoms with E-state index in [4.69, 9.17) is 14.6 Å². The van der Waals surface area contributed by atoms with Gasteiger partial charge in [0.05, 0.1) is 13.0 Å². The standard InChI is InChI=1S/C26H32N2O6/c1-26(2,3)22(14-24(30)31)28-23(29)16-33-13-12-27-25(32)34-15-21-19-10-6-4-8-17(19)18-9-5-7-11-20(18)21/h4-11,21-22H,12-16H2,1-3H3,(H,27,32)(H,28,29)(H,30,31). The molecule has 8 nitrogen and oxygen atoms in total. The van der Waals surface area contributed by atoms with E-state index in [-0.39, 0.29) is 38.7 Å². The molecule has 182 valence electrons. The number of ether oxygens (including phenoxy) is 2. The van der Waals surface area contributed by atoms with Crippen LogP contribution in [0.4, 0.5) is 4.79 Å². The minimum absolute atomic E-state index is 0.0142. The van der Waals surface area contributed by atoms with Crippen LogP contribution in [0.1, 0.15) is 44.2 Å². The summed E-state index contributed by atoms with van der Waals surface area (Å²) < 4.78 is 10.8. The molecule has 0 fully saturated rings. The first-order valence-electron chi connectivity index (χ1n) is 11.3. The predicted molar refractivity (Wildman–Crippen MR) is 128 cm³/mol. The molecule has 1 aliphatic carbocycles. The lowest BCUT2D eigenvalue weighted by Gasteiger charge is -2.30. The molecule has 3 N–H and O–H groups in total. The Kier molecular flexibility index (Phi) is 8.28. The van der Waals surface area contributed by atoms with Gasteiger partial charge >= 0.3 is 12.1 Å². The molecule has 0 spiro atoms. The highest BCUT2D eigenvalue weighted by Gasteiger charge is 2.29. The zero-order valence-electron chi connectivity index (χ0n) is 19.8. The largest absolute Gasteiger partial charge is 0.481 e. The van der Waals surface area contributed by atoms with Crippen LogP contribution in [0, 0.1) is 5.41 Å². The number of fused-ring (bicyclic) bond motifs is 3. The fourth-order valence-corrected chi connectivity index (χ4v) is 4.02. The van der Waals surface area contributed by atoms with E-state index < -0.39 is 29.4 Å². The summed E-state index contributed by atoms with van der Waals surface area (Å²) in [5.41, 5.74) is 4.20. The minimum atomic E-state index is -0.978. The Morgan fingerprint density at radius 3 is 2.15 bits per heavy atom. The van der Waals surface area contributed by atoms with E-state index in [1.54, 1.807) is 0 Å². The van der Waals surface area contributed by atoms with Gasteiger partial charge in [0.25, 0.3) is 0 Å². The summed E-state index contributed by atoms with van der Waals surface area (Å²) in [5.74, 6) is -1.39. The quantitative estimate of drug-likeness (QED) is 0.460. The van der Waals surface area contributed by atoms with E-state index in [1.165, 1.54) is 0 Å².